The summed E-state index contributed by atoms with van der Waals surface area (Å²) >= 11 is 18.3. The minimum absolute atomic E-state index is 0.0186. The van der Waals surface area contributed by atoms with Crippen LogP contribution in [-0.4, -0.2) is 85.9 Å². The molecule has 0 atom stereocenters. The van der Waals surface area contributed by atoms with Crippen molar-refractivity contribution in [1.82, 2.24) is 24.1 Å². The maximum Gasteiger partial charge on any atom is 0.246 e. The third-order valence-corrected chi connectivity index (χ3v) is 9.02. The highest BCUT2D eigenvalue weighted by molar-refractivity contribution is 7.89. The van der Waals surface area contributed by atoms with Crippen molar-refractivity contribution in [2.45, 2.75) is 17.9 Å². The number of aromatic nitrogens is 2. The fourth-order valence-electron chi connectivity index (χ4n) is 4.16. The largest absolute Gasteiger partial charge is 0.369 e. The van der Waals surface area contributed by atoms with Crippen LogP contribution in [0.3, 0.4) is 0 Å². The van der Waals surface area contributed by atoms with E-state index in [4.69, 9.17) is 44.8 Å². The van der Waals surface area contributed by atoms with E-state index < -0.39 is 10.0 Å². The fourth-order valence-corrected chi connectivity index (χ4v) is 7.08. The summed E-state index contributed by atoms with van der Waals surface area (Å²) in [4.78, 5) is 13.8. The standard InChI is InChI=1S/C24H29Cl3N6O2S/c1-31(2)9-5-8-28-24-18-6-3-4-7-21(18)29-22(30-24)16-32-10-12-33(13-11-32)36(34,35)23-19(26)14-17(25)15-20(23)27/h3-4,6-7,14-15H,5,8-13,16H2,1-2H3,(H,28,29,30). The number of nitrogens with one attached hydrogen (secondary N) is 1. The number of halogens is 3. The van der Waals surface area contributed by atoms with E-state index in [-0.39, 0.29) is 20.0 Å². The SMILES string of the molecule is CN(C)CCCNc1nc(CN2CCN(S(=O)(=O)c3c(Cl)cc(Cl)cc3Cl)CC2)nc2ccccc12. The Morgan fingerprint density at radius 3 is 2.33 bits per heavy atom. The first kappa shape index (κ1) is 27.3. The Labute approximate surface area is 227 Å². The van der Waals surface area contributed by atoms with Crippen LogP contribution < -0.4 is 5.32 Å². The Bertz CT molecular complexity index is 1310. The number of rotatable bonds is 9. The van der Waals surface area contributed by atoms with E-state index >= 15 is 0 Å². The van der Waals surface area contributed by atoms with Gasteiger partial charge >= 0.3 is 0 Å². The van der Waals surface area contributed by atoms with Gasteiger partial charge in [-0.1, -0.05) is 46.9 Å². The molecule has 0 bridgehead atoms. The lowest BCUT2D eigenvalue weighted by Crippen LogP contribution is -2.48. The normalized spacial score (nSPS) is 15.6. The molecule has 1 N–H and O–H groups in total. The molecule has 1 aromatic heterocycles. The highest BCUT2D eigenvalue weighted by atomic mass is 35.5. The summed E-state index contributed by atoms with van der Waals surface area (Å²) in [5, 5.41) is 4.77. The Balaban J connectivity index is 1.44. The summed E-state index contributed by atoms with van der Waals surface area (Å²) < 4.78 is 27.9. The number of piperazine rings is 1. The predicted octanol–water partition coefficient (Wildman–Crippen LogP) is 4.46. The van der Waals surface area contributed by atoms with Crippen LogP contribution in [0.4, 0.5) is 5.82 Å². The van der Waals surface area contributed by atoms with Crippen molar-refractivity contribution in [2.75, 3.05) is 58.7 Å². The summed E-state index contributed by atoms with van der Waals surface area (Å²) in [5.41, 5.74) is 0.880. The van der Waals surface area contributed by atoms with Gasteiger partial charge < -0.3 is 10.2 Å². The smallest absolute Gasteiger partial charge is 0.246 e. The van der Waals surface area contributed by atoms with Gasteiger partial charge in [0, 0.05) is 43.1 Å². The van der Waals surface area contributed by atoms with Crippen molar-refractivity contribution in [3.05, 3.63) is 57.3 Å². The predicted molar refractivity (Wildman–Crippen MR) is 147 cm³/mol. The number of fused-ring (bicyclic) bond motifs is 1. The average molecular weight is 572 g/mol. The van der Waals surface area contributed by atoms with E-state index in [0.717, 1.165) is 36.2 Å². The van der Waals surface area contributed by atoms with Gasteiger partial charge in [-0.25, -0.2) is 18.4 Å². The zero-order chi connectivity index (χ0) is 25.9. The van der Waals surface area contributed by atoms with Crippen LogP contribution in [0.1, 0.15) is 12.2 Å². The number of para-hydroxylation sites is 1. The lowest BCUT2D eigenvalue weighted by atomic mass is 10.2. The molecule has 0 amide bonds. The molecule has 0 radical (unpaired) electrons. The first-order valence-electron chi connectivity index (χ1n) is 11.7. The third kappa shape index (κ3) is 6.39. The molecule has 36 heavy (non-hydrogen) atoms. The van der Waals surface area contributed by atoms with Crippen LogP contribution in [0.25, 0.3) is 10.9 Å². The minimum Gasteiger partial charge on any atom is -0.369 e. The average Bonchev–Trinajstić information content (AvgIpc) is 2.81. The van der Waals surface area contributed by atoms with Crippen LogP contribution in [0.2, 0.25) is 15.1 Å². The first-order chi connectivity index (χ1) is 17.1. The number of benzene rings is 2. The van der Waals surface area contributed by atoms with E-state index in [9.17, 15) is 8.42 Å². The second-order valence-electron chi connectivity index (χ2n) is 8.97. The minimum atomic E-state index is -3.85. The van der Waals surface area contributed by atoms with Gasteiger partial charge in [-0.05, 0) is 51.3 Å². The molecule has 2 aromatic carbocycles. The summed E-state index contributed by atoms with van der Waals surface area (Å²) in [6.07, 6.45) is 0.999. The second kappa shape index (κ2) is 11.8. The molecule has 1 aliphatic heterocycles. The van der Waals surface area contributed by atoms with Crippen molar-refractivity contribution in [1.29, 1.82) is 0 Å². The Kier molecular flexibility index (Phi) is 8.93. The zero-order valence-electron chi connectivity index (χ0n) is 20.2. The molecule has 194 valence electrons. The topological polar surface area (TPSA) is 81.7 Å². The van der Waals surface area contributed by atoms with Crippen LogP contribution in [0, 0.1) is 0 Å². The number of anilines is 1. The molecular weight excluding hydrogens is 543 g/mol. The molecule has 0 unspecified atom stereocenters. The number of hydrogen-bond donors (Lipinski definition) is 1. The molecule has 0 saturated carbocycles. The zero-order valence-corrected chi connectivity index (χ0v) is 23.3. The van der Waals surface area contributed by atoms with Crippen molar-refractivity contribution in [3.63, 3.8) is 0 Å². The van der Waals surface area contributed by atoms with Gasteiger partial charge in [0.2, 0.25) is 10.0 Å². The fraction of sp³-hybridized carbons (Fsp3) is 0.417. The van der Waals surface area contributed by atoms with Crippen LogP contribution in [0.5, 0.6) is 0 Å². The van der Waals surface area contributed by atoms with Gasteiger partial charge in [0.25, 0.3) is 0 Å². The summed E-state index contributed by atoms with van der Waals surface area (Å²) in [7, 11) is 0.263. The van der Waals surface area contributed by atoms with Gasteiger partial charge in [0.1, 0.15) is 16.5 Å². The molecule has 4 rings (SSSR count). The molecule has 3 aromatic rings. The third-order valence-electron chi connectivity index (χ3n) is 5.98. The quantitative estimate of drug-likeness (QED) is 0.380. The van der Waals surface area contributed by atoms with Crippen molar-refractivity contribution >= 4 is 61.5 Å². The maximum atomic E-state index is 13.2. The molecular formula is C24H29Cl3N6O2S. The molecule has 0 aliphatic carbocycles. The Hall–Kier alpha value is -1.72. The number of hydrogen-bond acceptors (Lipinski definition) is 7. The molecule has 1 saturated heterocycles. The van der Waals surface area contributed by atoms with Crippen LogP contribution in [0.15, 0.2) is 41.3 Å². The molecule has 1 fully saturated rings. The molecule has 2 heterocycles. The highest BCUT2D eigenvalue weighted by Gasteiger charge is 2.32. The second-order valence-corrected chi connectivity index (χ2v) is 12.1. The lowest BCUT2D eigenvalue weighted by molar-refractivity contribution is 0.178. The molecule has 1 aliphatic rings. The number of sulfonamides is 1. The summed E-state index contributed by atoms with van der Waals surface area (Å²) in [5.74, 6) is 1.52. The lowest BCUT2D eigenvalue weighted by Gasteiger charge is -2.33. The van der Waals surface area contributed by atoms with E-state index in [2.05, 4.69) is 29.2 Å². The van der Waals surface area contributed by atoms with Crippen molar-refractivity contribution in [3.8, 4) is 0 Å². The highest BCUT2D eigenvalue weighted by Crippen LogP contribution is 2.35. The maximum absolute atomic E-state index is 13.2. The monoisotopic (exact) mass is 570 g/mol. The van der Waals surface area contributed by atoms with Crippen LogP contribution in [-0.2, 0) is 16.6 Å². The van der Waals surface area contributed by atoms with Gasteiger partial charge in [-0.2, -0.15) is 4.31 Å². The first-order valence-corrected chi connectivity index (χ1v) is 14.2. The Morgan fingerprint density at radius 1 is 1.00 bits per heavy atom. The van der Waals surface area contributed by atoms with Gasteiger partial charge in [-0.3, -0.25) is 4.90 Å². The molecule has 12 heteroatoms. The summed E-state index contributed by atoms with van der Waals surface area (Å²) in [6.45, 7) is 4.00. The van der Waals surface area contributed by atoms with E-state index in [1.165, 1.54) is 16.4 Å². The molecule has 0 spiro atoms. The van der Waals surface area contributed by atoms with Crippen LogP contribution >= 0.6 is 34.8 Å². The van der Waals surface area contributed by atoms with Crippen molar-refractivity contribution in [2.24, 2.45) is 0 Å². The number of nitrogens with zero attached hydrogens (tertiary/aromatic N) is 5. The van der Waals surface area contributed by atoms with E-state index in [1.54, 1.807) is 0 Å². The van der Waals surface area contributed by atoms with Crippen molar-refractivity contribution < 1.29 is 8.42 Å². The van der Waals surface area contributed by atoms with E-state index in [0.29, 0.717) is 38.5 Å². The van der Waals surface area contributed by atoms with Gasteiger partial charge in [0.05, 0.1) is 22.1 Å². The Morgan fingerprint density at radius 2 is 1.67 bits per heavy atom. The van der Waals surface area contributed by atoms with E-state index in [1.807, 2.05) is 24.3 Å². The molecule has 8 nitrogen and oxygen atoms in total. The van der Waals surface area contributed by atoms with Gasteiger partial charge in [0.15, 0.2) is 0 Å². The van der Waals surface area contributed by atoms with Gasteiger partial charge in [-0.15, -0.1) is 0 Å². The summed E-state index contributed by atoms with van der Waals surface area (Å²) in [6, 6.07) is 10.7.